The Morgan fingerprint density at radius 3 is 2.59 bits per heavy atom. The van der Waals surface area contributed by atoms with Crippen LogP contribution in [0.2, 0.25) is 5.02 Å². The van der Waals surface area contributed by atoms with E-state index in [1.807, 2.05) is 36.0 Å². The minimum atomic E-state index is 0.601. The molecule has 2 aromatic carbocycles. The molecule has 22 heavy (non-hydrogen) atoms. The van der Waals surface area contributed by atoms with Gasteiger partial charge < -0.3 is 10.6 Å². The van der Waals surface area contributed by atoms with Crippen molar-refractivity contribution in [2.24, 2.45) is 0 Å². The number of benzene rings is 2. The van der Waals surface area contributed by atoms with Crippen LogP contribution in [-0.4, -0.2) is 17.4 Å². The zero-order valence-electron chi connectivity index (χ0n) is 12.4. The monoisotopic (exact) mass is 350 g/mol. The second-order valence-corrected chi connectivity index (χ2v) is 6.82. The van der Waals surface area contributed by atoms with Crippen molar-refractivity contribution in [2.75, 3.05) is 17.6 Å². The van der Waals surface area contributed by atoms with Crippen molar-refractivity contribution >= 4 is 46.4 Å². The van der Waals surface area contributed by atoms with Crippen LogP contribution in [0.4, 0.5) is 5.69 Å². The highest BCUT2D eigenvalue weighted by atomic mass is 35.5. The summed E-state index contributed by atoms with van der Waals surface area (Å²) in [4.78, 5) is 0. The van der Waals surface area contributed by atoms with Gasteiger partial charge in [-0.1, -0.05) is 53.6 Å². The smallest absolute Gasteiger partial charge is 0.170 e. The van der Waals surface area contributed by atoms with Gasteiger partial charge in [-0.2, -0.15) is 11.8 Å². The van der Waals surface area contributed by atoms with E-state index in [1.165, 1.54) is 11.1 Å². The van der Waals surface area contributed by atoms with E-state index in [0.717, 1.165) is 23.7 Å². The Morgan fingerprint density at radius 2 is 1.86 bits per heavy atom. The lowest BCUT2D eigenvalue weighted by molar-refractivity contribution is 0.990. The molecule has 2 aromatic rings. The number of thioether (sulfide) groups is 1. The van der Waals surface area contributed by atoms with E-state index < -0.39 is 0 Å². The Labute approximate surface area is 146 Å². The van der Waals surface area contributed by atoms with Crippen LogP contribution in [0.5, 0.6) is 0 Å². The van der Waals surface area contributed by atoms with Gasteiger partial charge in [-0.05, 0) is 36.8 Å². The lowest BCUT2D eigenvalue weighted by Gasteiger charge is -2.11. The van der Waals surface area contributed by atoms with E-state index in [-0.39, 0.29) is 0 Å². The van der Waals surface area contributed by atoms with Gasteiger partial charge in [0.15, 0.2) is 5.11 Å². The molecule has 0 aliphatic rings. The highest BCUT2D eigenvalue weighted by molar-refractivity contribution is 7.98. The Kier molecular flexibility index (Phi) is 7.03. The fourth-order valence-corrected chi connectivity index (χ4v) is 3.05. The Morgan fingerprint density at radius 1 is 1.14 bits per heavy atom. The van der Waals surface area contributed by atoms with Gasteiger partial charge in [0.2, 0.25) is 0 Å². The second-order valence-electron chi connectivity index (χ2n) is 4.90. The SMILES string of the molecule is Cc1ccc(CSCCNC(=S)Nc2ccccc2Cl)cc1. The molecular formula is C17H19ClN2S2. The molecule has 0 bridgehead atoms. The van der Waals surface area contributed by atoms with Crippen molar-refractivity contribution in [3.05, 3.63) is 64.7 Å². The third-order valence-corrected chi connectivity index (χ3v) is 4.65. The number of anilines is 1. The van der Waals surface area contributed by atoms with Crippen LogP contribution in [-0.2, 0) is 5.75 Å². The van der Waals surface area contributed by atoms with E-state index in [9.17, 15) is 0 Å². The second kappa shape index (κ2) is 9.03. The minimum absolute atomic E-state index is 0.601. The van der Waals surface area contributed by atoms with Crippen molar-refractivity contribution in [3.63, 3.8) is 0 Å². The van der Waals surface area contributed by atoms with Crippen LogP contribution in [0, 0.1) is 6.92 Å². The molecular weight excluding hydrogens is 332 g/mol. The number of hydrogen-bond donors (Lipinski definition) is 2. The molecule has 0 amide bonds. The molecule has 2 nitrogen and oxygen atoms in total. The predicted octanol–water partition coefficient (Wildman–Crippen LogP) is 4.87. The summed E-state index contributed by atoms with van der Waals surface area (Å²) in [6.07, 6.45) is 0. The highest BCUT2D eigenvalue weighted by Gasteiger charge is 2.01. The molecule has 0 aromatic heterocycles. The molecule has 2 N–H and O–H groups in total. The normalized spacial score (nSPS) is 10.3. The zero-order valence-corrected chi connectivity index (χ0v) is 14.8. The van der Waals surface area contributed by atoms with Crippen LogP contribution >= 0.6 is 35.6 Å². The highest BCUT2D eigenvalue weighted by Crippen LogP contribution is 2.20. The first-order chi connectivity index (χ1) is 10.6. The summed E-state index contributed by atoms with van der Waals surface area (Å²) >= 11 is 13.2. The summed E-state index contributed by atoms with van der Waals surface area (Å²) in [5.41, 5.74) is 3.48. The number of halogens is 1. The number of thiocarbonyl (C=S) groups is 1. The first kappa shape index (κ1) is 17.1. The Bertz CT molecular complexity index is 614. The van der Waals surface area contributed by atoms with Gasteiger partial charge in [-0.3, -0.25) is 0 Å². The van der Waals surface area contributed by atoms with Crippen LogP contribution in [0.25, 0.3) is 0 Å². The van der Waals surface area contributed by atoms with E-state index in [2.05, 4.69) is 41.8 Å². The van der Waals surface area contributed by atoms with E-state index in [0.29, 0.717) is 10.1 Å². The number of aryl methyl sites for hydroxylation is 1. The largest absolute Gasteiger partial charge is 0.362 e. The number of para-hydroxylation sites is 1. The first-order valence-corrected chi connectivity index (χ1v) is 9.02. The average molecular weight is 351 g/mol. The molecule has 0 spiro atoms. The van der Waals surface area contributed by atoms with Crippen LogP contribution < -0.4 is 10.6 Å². The fourth-order valence-electron chi connectivity index (χ4n) is 1.84. The maximum absolute atomic E-state index is 6.08. The van der Waals surface area contributed by atoms with Gasteiger partial charge in [0.25, 0.3) is 0 Å². The molecule has 0 aliphatic heterocycles. The van der Waals surface area contributed by atoms with Gasteiger partial charge in [0.05, 0.1) is 10.7 Å². The fraction of sp³-hybridized carbons (Fsp3) is 0.235. The molecule has 116 valence electrons. The van der Waals surface area contributed by atoms with Crippen molar-refractivity contribution in [2.45, 2.75) is 12.7 Å². The number of nitrogens with one attached hydrogen (secondary N) is 2. The quantitative estimate of drug-likeness (QED) is 0.573. The lowest BCUT2D eigenvalue weighted by atomic mass is 10.2. The van der Waals surface area contributed by atoms with Gasteiger partial charge >= 0.3 is 0 Å². The van der Waals surface area contributed by atoms with Crippen molar-refractivity contribution < 1.29 is 0 Å². The van der Waals surface area contributed by atoms with E-state index in [4.69, 9.17) is 23.8 Å². The molecule has 0 heterocycles. The summed E-state index contributed by atoms with van der Waals surface area (Å²) in [5, 5.41) is 7.57. The van der Waals surface area contributed by atoms with Gasteiger partial charge in [-0.25, -0.2) is 0 Å². The molecule has 5 heteroatoms. The molecule has 0 atom stereocenters. The minimum Gasteiger partial charge on any atom is -0.362 e. The molecule has 0 radical (unpaired) electrons. The topological polar surface area (TPSA) is 24.1 Å². The summed E-state index contributed by atoms with van der Waals surface area (Å²) < 4.78 is 0. The number of rotatable bonds is 6. The Balaban J connectivity index is 1.63. The van der Waals surface area contributed by atoms with Gasteiger partial charge in [0, 0.05) is 18.1 Å². The molecule has 0 saturated carbocycles. The summed E-state index contributed by atoms with van der Waals surface area (Å²) in [6.45, 7) is 2.93. The molecule has 0 unspecified atom stereocenters. The maximum atomic E-state index is 6.08. The van der Waals surface area contributed by atoms with E-state index >= 15 is 0 Å². The summed E-state index contributed by atoms with van der Waals surface area (Å²) in [6, 6.07) is 16.2. The summed E-state index contributed by atoms with van der Waals surface area (Å²) in [5.74, 6) is 2.02. The third kappa shape index (κ3) is 5.87. The first-order valence-electron chi connectivity index (χ1n) is 7.08. The van der Waals surface area contributed by atoms with E-state index in [1.54, 1.807) is 0 Å². The average Bonchev–Trinajstić information content (AvgIpc) is 2.51. The Hall–Kier alpha value is -1.23. The standard InChI is InChI=1S/C17H19ClN2S2/c1-13-6-8-14(9-7-13)12-22-11-10-19-17(21)20-16-5-3-2-4-15(16)18/h2-9H,10-12H2,1H3,(H2,19,20,21). The molecule has 0 saturated heterocycles. The third-order valence-electron chi connectivity index (χ3n) is 3.04. The van der Waals surface area contributed by atoms with Crippen molar-refractivity contribution in [1.29, 1.82) is 0 Å². The van der Waals surface area contributed by atoms with Crippen molar-refractivity contribution in [3.8, 4) is 0 Å². The van der Waals surface area contributed by atoms with Crippen LogP contribution in [0.1, 0.15) is 11.1 Å². The predicted molar refractivity (Wildman–Crippen MR) is 103 cm³/mol. The zero-order chi connectivity index (χ0) is 15.8. The summed E-state index contributed by atoms with van der Waals surface area (Å²) in [7, 11) is 0. The maximum Gasteiger partial charge on any atom is 0.170 e. The van der Waals surface area contributed by atoms with Crippen LogP contribution in [0.3, 0.4) is 0 Å². The molecule has 2 rings (SSSR count). The number of hydrogen-bond acceptors (Lipinski definition) is 2. The van der Waals surface area contributed by atoms with Crippen molar-refractivity contribution in [1.82, 2.24) is 5.32 Å². The molecule has 0 aliphatic carbocycles. The van der Waals surface area contributed by atoms with Gasteiger partial charge in [-0.15, -0.1) is 0 Å². The lowest BCUT2D eigenvalue weighted by Crippen LogP contribution is -2.30. The molecule has 0 fully saturated rings. The van der Waals surface area contributed by atoms with Gasteiger partial charge in [0.1, 0.15) is 0 Å². The van der Waals surface area contributed by atoms with Crippen LogP contribution in [0.15, 0.2) is 48.5 Å².